The molecule has 4 nitrogen and oxygen atoms in total. The summed E-state index contributed by atoms with van der Waals surface area (Å²) in [4.78, 5) is 16.1. The zero-order valence-corrected chi connectivity index (χ0v) is 13.9. The number of anilines is 1. The van der Waals surface area contributed by atoms with Crippen molar-refractivity contribution < 1.29 is 9.53 Å². The highest BCUT2D eigenvalue weighted by atomic mass is 79.9. The fraction of sp³-hybridized carbons (Fsp3) is 0.200. The molecule has 0 aliphatic carbocycles. The lowest BCUT2D eigenvalue weighted by Gasteiger charge is -2.12. The van der Waals surface area contributed by atoms with Crippen LogP contribution < -0.4 is 10.1 Å². The number of ether oxygens (including phenoxy) is 1. The van der Waals surface area contributed by atoms with Crippen molar-refractivity contribution >= 4 is 39.1 Å². The van der Waals surface area contributed by atoms with Crippen molar-refractivity contribution in [2.45, 2.75) is 20.0 Å². The van der Waals surface area contributed by atoms with Gasteiger partial charge in [-0.1, -0.05) is 11.6 Å². The van der Waals surface area contributed by atoms with Crippen molar-refractivity contribution in [3.63, 3.8) is 0 Å². The SMILES string of the molecule is CC(C)Oc1ccc(C(=O)Nc2ccc(Cl)nc2)cc1Br. The molecule has 0 unspecified atom stereocenters. The minimum atomic E-state index is -0.226. The Bertz CT molecular complexity index is 645. The molecule has 0 spiro atoms. The number of pyridine rings is 1. The second-order valence-corrected chi connectivity index (χ2v) is 5.88. The quantitative estimate of drug-likeness (QED) is 0.805. The average molecular weight is 370 g/mol. The van der Waals surface area contributed by atoms with Gasteiger partial charge in [-0.2, -0.15) is 0 Å². The van der Waals surface area contributed by atoms with Crippen molar-refractivity contribution in [3.8, 4) is 5.75 Å². The van der Waals surface area contributed by atoms with Gasteiger partial charge in [0.05, 0.1) is 22.5 Å². The Morgan fingerprint density at radius 3 is 2.67 bits per heavy atom. The van der Waals surface area contributed by atoms with Crippen LogP contribution in [0, 0.1) is 0 Å². The second-order valence-electron chi connectivity index (χ2n) is 4.64. The van der Waals surface area contributed by atoms with Crippen LogP contribution in [0.1, 0.15) is 24.2 Å². The summed E-state index contributed by atoms with van der Waals surface area (Å²) in [6.07, 6.45) is 1.58. The molecule has 0 saturated heterocycles. The predicted octanol–water partition coefficient (Wildman–Crippen LogP) is 4.54. The fourth-order valence-electron chi connectivity index (χ4n) is 1.64. The van der Waals surface area contributed by atoms with Crippen LogP contribution in [0.5, 0.6) is 5.75 Å². The Kier molecular flexibility index (Phi) is 5.20. The zero-order chi connectivity index (χ0) is 15.4. The van der Waals surface area contributed by atoms with Gasteiger partial charge in [-0.25, -0.2) is 4.98 Å². The Labute approximate surface area is 136 Å². The van der Waals surface area contributed by atoms with Crippen molar-refractivity contribution in [2.75, 3.05) is 5.32 Å². The van der Waals surface area contributed by atoms with E-state index in [0.29, 0.717) is 22.2 Å². The Morgan fingerprint density at radius 2 is 2.10 bits per heavy atom. The molecule has 1 aromatic carbocycles. The van der Waals surface area contributed by atoms with E-state index in [2.05, 4.69) is 26.2 Å². The van der Waals surface area contributed by atoms with Gasteiger partial charge in [-0.3, -0.25) is 4.79 Å². The number of amides is 1. The molecule has 0 saturated carbocycles. The maximum Gasteiger partial charge on any atom is 0.255 e. The number of rotatable bonds is 4. The van der Waals surface area contributed by atoms with E-state index >= 15 is 0 Å². The van der Waals surface area contributed by atoms with Gasteiger partial charge in [0, 0.05) is 5.56 Å². The molecule has 1 aromatic heterocycles. The Balaban J connectivity index is 2.12. The van der Waals surface area contributed by atoms with Gasteiger partial charge in [0.2, 0.25) is 0 Å². The average Bonchev–Trinajstić information content (AvgIpc) is 2.43. The first-order valence-electron chi connectivity index (χ1n) is 6.35. The number of nitrogens with zero attached hydrogens (tertiary/aromatic N) is 1. The molecule has 0 bridgehead atoms. The van der Waals surface area contributed by atoms with E-state index in [4.69, 9.17) is 16.3 Å². The molecule has 0 aliphatic heterocycles. The summed E-state index contributed by atoms with van der Waals surface area (Å²) >= 11 is 9.11. The highest BCUT2D eigenvalue weighted by Gasteiger charge is 2.10. The van der Waals surface area contributed by atoms with Crippen LogP contribution in [0.15, 0.2) is 41.0 Å². The highest BCUT2D eigenvalue weighted by Crippen LogP contribution is 2.27. The molecule has 0 radical (unpaired) electrons. The molecule has 2 rings (SSSR count). The lowest BCUT2D eigenvalue weighted by Crippen LogP contribution is -2.12. The number of nitrogens with one attached hydrogen (secondary N) is 1. The van der Waals surface area contributed by atoms with Crippen molar-refractivity contribution in [1.82, 2.24) is 4.98 Å². The van der Waals surface area contributed by atoms with Crippen LogP contribution in [0.2, 0.25) is 5.15 Å². The number of benzene rings is 1. The molecule has 6 heteroatoms. The molecule has 0 atom stereocenters. The van der Waals surface area contributed by atoms with Crippen molar-refractivity contribution in [3.05, 3.63) is 51.7 Å². The maximum atomic E-state index is 12.2. The van der Waals surface area contributed by atoms with Gasteiger partial charge in [-0.15, -0.1) is 0 Å². The summed E-state index contributed by atoms with van der Waals surface area (Å²) in [6.45, 7) is 3.89. The number of carbonyl (C=O) groups is 1. The first kappa shape index (κ1) is 15.8. The largest absolute Gasteiger partial charge is 0.490 e. The van der Waals surface area contributed by atoms with Crippen LogP contribution >= 0.6 is 27.5 Å². The Morgan fingerprint density at radius 1 is 1.33 bits per heavy atom. The molecular weight excluding hydrogens is 356 g/mol. The summed E-state index contributed by atoms with van der Waals surface area (Å²) in [7, 11) is 0. The number of carbonyl (C=O) groups excluding carboxylic acids is 1. The molecule has 0 aliphatic rings. The summed E-state index contributed by atoms with van der Waals surface area (Å²) in [5.41, 5.74) is 1.11. The van der Waals surface area contributed by atoms with Gasteiger partial charge >= 0.3 is 0 Å². The number of halogens is 2. The predicted molar refractivity (Wildman–Crippen MR) is 87.1 cm³/mol. The third-order valence-electron chi connectivity index (χ3n) is 2.54. The topological polar surface area (TPSA) is 51.2 Å². The molecule has 110 valence electrons. The summed E-state index contributed by atoms with van der Waals surface area (Å²) in [5.74, 6) is 0.477. The summed E-state index contributed by atoms with van der Waals surface area (Å²) < 4.78 is 6.34. The first-order valence-corrected chi connectivity index (χ1v) is 7.52. The zero-order valence-electron chi connectivity index (χ0n) is 11.6. The second kappa shape index (κ2) is 6.91. The normalized spacial score (nSPS) is 10.5. The number of hydrogen-bond donors (Lipinski definition) is 1. The maximum absolute atomic E-state index is 12.2. The Hall–Kier alpha value is -1.59. The third-order valence-corrected chi connectivity index (χ3v) is 3.39. The molecule has 0 fully saturated rings. The summed E-state index contributed by atoms with van der Waals surface area (Å²) in [5, 5.41) is 3.13. The summed E-state index contributed by atoms with van der Waals surface area (Å²) in [6, 6.07) is 8.50. The van der Waals surface area contributed by atoms with E-state index in [1.54, 1.807) is 30.3 Å². The lowest BCUT2D eigenvalue weighted by atomic mass is 10.2. The van der Waals surface area contributed by atoms with Crippen molar-refractivity contribution in [1.29, 1.82) is 0 Å². The highest BCUT2D eigenvalue weighted by molar-refractivity contribution is 9.10. The minimum Gasteiger partial charge on any atom is -0.490 e. The van der Waals surface area contributed by atoms with Crippen LogP contribution in [-0.2, 0) is 0 Å². The van der Waals surface area contributed by atoms with Crippen LogP contribution in [0.25, 0.3) is 0 Å². The van der Waals surface area contributed by atoms with Gasteiger partial charge in [0.25, 0.3) is 5.91 Å². The smallest absolute Gasteiger partial charge is 0.255 e. The number of aromatic nitrogens is 1. The van der Waals surface area contributed by atoms with Gasteiger partial charge < -0.3 is 10.1 Å². The molecule has 1 N–H and O–H groups in total. The van der Waals surface area contributed by atoms with Gasteiger partial charge in [0.15, 0.2) is 0 Å². The molecule has 1 heterocycles. The van der Waals surface area contributed by atoms with E-state index in [-0.39, 0.29) is 12.0 Å². The van der Waals surface area contributed by atoms with Crippen molar-refractivity contribution in [2.24, 2.45) is 0 Å². The van der Waals surface area contributed by atoms with E-state index in [1.165, 1.54) is 6.20 Å². The number of hydrogen-bond acceptors (Lipinski definition) is 3. The van der Waals surface area contributed by atoms with E-state index < -0.39 is 0 Å². The lowest BCUT2D eigenvalue weighted by molar-refractivity contribution is 0.102. The van der Waals surface area contributed by atoms with E-state index in [1.807, 2.05) is 13.8 Å². The standard InChI is InChI=1S/C15H14BrClN2O2/c1-9(2)21-13-5-3-10(7-12(13)16)15(20)19-11-4-6-14(17)18-8-11/h3-9H,1-2H3,(H,19,20). The van der Waals surface area contributed by atoms with Gasteiger partial charge in [0.1, 0.15) is 10.9 Å². The molecule has 21 heavy (non-hydrogen) atoms. The molecule has 2 aromatic rings. The molecular formula is C15H14BrClN2O2. The molecule has 1 amide bonds. The first-order chi connectivity index (χ1) is 9.95. The van der Waals surface area contributed by atoms with Crippen LogP contribution in [-0.4, -0.2) is 17.0 Å². The van der Waals surface area contributed by atoms with Crippen LogP contribution in [0.3, 0.4) is 0 Å². The van der Waals surface area contributed by atoms with Gasteiger partial charge in [-0.05, 0) is 60.1 Å². The van der Waals surface area contributed by atoms with E-state index in [0.717, 1.165) is 4.47 Å². The third kappa shape index (κ3) is 4.44. The monoisotopic (exact) mass is 368 g/mol. The van der Waals surface area contributed by atoms with Crippen LogP contribution in [0.4, 0.5) is 5.69 Å². The fourth-order valence-corrected chi connectivity index (χ4v) is 2.23. The minimum absolute atomic E-state index is 0.0705. The van der Waals surface area contributed by atoms with E-state index in [9.17, 15) is 4.79 Å².